The Morgan fingerprint density at radius 3 is 3.14 bits per heavy atom. The molecule has 1 aliphatic rings. The number of hydrogen-bond donors (Lipinski definition) is 2. The quantitative estimate of drug-likeness (QED) is 0.886. The molecule has 0 amide bonds. The molecule has 3 N–H and O–H groups in total. The van der Waals surface area contributed by atoms with E-state index in [0.717, 1.165) is 42.0 Å². The van der Waals surface area contributed by atoms with E-state index in [4.69, 9.17) is 5.73 Å². The zero-order chi connectivity index (χ0) is 14.9. The fourth-order valence-electron chi connectivity index (χ4n) is 2.71. The number of H-pyrrole nitrogens is 1. The Kier molecular flexibility index (Phi) is 3.95. The van der Waals surface area contributed by atoms with Crippen LogP contribution in [0.3, 0.4) is 0 Å². The van der Waals surface area contributed by atoms with Crippen LogP contribution in [0.5, 0.6) is 0 Å². The van der Waals surface area contributed by atoms with E-state index in [1.165, 1.54) is 0 Å². The van der Waals surface area contributed by atoms with Crippen LogP contribution in [-0.4, -0.2) is 39.8 Å². The van der Waals surface area contributed by atoms with Crippen molar-refractivity contribution in [1.29, 1.82) is 0 Å². The summed E-state index contributed by atoms with van der Waals surface area (Å²) in [5.74, 6) is 1.40. The van der Waals surface area contributed by atoms with Gasteiger partial charge in [0.2, 0.25) is 5.95 Å². The molecule has 0 radical (unpaired) electrons. The van der Waals surface area contributed by atoms with Crippen molar-refractivity contribution in [2.24, 2.45) is 11.1 Å². The van der Waals surface area contributed by atoms with Crippen LogP contribution < -0.4 is 10.6 Å². The number of piperidine rings is 1. The van der Waals surface area contributed by atoms with Gasteiger partial charge in [-0.3, -0.25) is 10.1 Å². The monoisotopic (exact) mass is 350 g/mol. The molecule has 0 aromatic carbocycles. The first-order valence-electron chi connectivity index (χ1n) is 7.10. The molecule has 0 bridgehead atoms. The molecule has 2 aromatic rings. The van der Waals surface area contributed by atoms with Crippen molar-refractivity contribution >= 4 is 21.9 Å². The van der Waals surface area contributed by atoms with Crippen molar-refractivity contribution in [3.05, 3.63) is 22.8 Å². The fraction of sp³-hybridized carbons (Fsp3) is 0.500. The molecule has 2 aromatic heterocycles. The zero-order valence-corrected chi connectivity index (χ0v) is 13.6. The highest BCUT2D eigenvalue weighted by Gasteiger charge is 2.31. The van der Waals surface area contributed by atoms with E-state index in [2.05, 4.69) is 47.9 Å². The molecule has 3 heterocycles. The number of pyridine rings is 1. The molecule has 0 saturated carbocycles. The third-order valence-electron chi connectivity index (χ3n) is 4.01. The Bertz CT molecular complexity index is 627. The number of nitrogens with zero attached hydrogens (tertiary/aromatic N) is 4. The number of anilines is 1. The lowest BCUT2D eigenvalue weighted by molar-refractivity contribution is 0.270. The van der Waals surface area contributed by atoms with Gasteiger partial charge in [-0.15, -0.1) is 5.10 Å². The summed E-state index contributed by atoms with van der Waals surface area (Å²) in [5, 5.41) is 7.32. The minimum atomic E-state index is 0.143. The highest BCUT2D eigenvalue weighted by molar-refractivity contribution is 9.10. The normalized spacial score (nSPS) is 22.5. The molecule has 1 unspecified atom stereocenters. The topological polar surface area (TPSA) is 83.7 Å². The summed E-state index contributed by atoms with van der Waals surface area (Å²) in [6.45, 7) is 4.77. The largest absolute Gasteiger partial charge is 0.339 e. The molecule has 6 nitrogen and oxygen atoms in total. The van der Waals surface area contributed by atoms with Gasteiger partial charge < -0.3 is 10.6 Å². The molecule has 1 aliphatic heterocycles. The minimum absolute atomic E-state index is 0.143. The summed E-state index contributed by atoms with van der Waals surface area (Å²) in [7, 11) is 0. The Balaban J connectivity index is 1.84. The molecule has 1 saturated heterocycles. The van der Waals surface area contributed by atoms with Crippen LogP contribution in [0.4, 0.5) is 5.95 Å². The van der Waals surface area contributed by atoms with E-state index in [1.54, 1.807) is 6.20 Å². The van der Waals surface area contributed by atoms with Crippen LogP contribution in [0.2, 0.25) is 0 Å². The first-order chi connectivity index (χ1) is 10.1. The third-order valence-corrected chi connectivity index (χ3v) is 4.65. The van der Waals surface area contributed by atoms with Gasteiger partial charge in [0.1, 0.15) is 5.69 Å². The van der Waals surface area contributed by atoms with Crippen LogP contribution in [0.15, 0.2) is 22.8 Å². The van der Waals surface area contributed by atoms with Gasteiger partial charge in [0.15, 0.2) is 5.82 Å². The number of aromatic amines is 1. The lowest BCUT2D eigenvalue weighted by atomic mass is 9.82. The maximum absolute atomic E-state index is 5.90. The van der Waals surface area contributed by atoms with Crippen molar-refractivity contribution in [1.82, 2.24) is 20.2 Å². The maximum Gasteiger partial charge on any atom is 0.245 e. The van der Waals surface area contributed by atoms with E-state index in [0.29, 0.717) is 12.4 Å². The molecule has 1 fully saturated rings. The van der Waals surface area contributed by atoms with Crippen molar-refractivity contribution in [3.63, 3.8) is 0 Å². The van der Waals surface area contributed by atoms with Crippen molar-refractivity contribution in [3.8, 4) is 11.5 Å². The molecule has 0 aliphatic carbocycles. The van der Waals surface area contributed by atoms with Gasteiger partial charge in [0.25, 0.3) is 0 Å². The summed E-state index contributed by atoms with van der Waals surface area (Å²) in [6.07, 6.45) is 4.02. The van der Waals surface area contributed by atoms with Gasteiger partial charge in [0.05, 0.1) is 0 Å². The number of nitrogens with two attached hydrogens (primary N) is 1. The second kappa shape index (κ2) is 5.73. The highest BCUT2D eigenvalue weighted by Crippen LogP contribution is 2.31. The van der Waals surface area contributed by atoms with E-state index in [9.17, 15) is 0 Å². The number of aromatic nitrogens is 4. The molecule has 0 spiro atoms. The number of nitrogens with one attached hydrogen (secondary N) is 1. The summed E-state index contributed by atoms with van der Waals surface area (Å²) >= 11 is 3.49. The second-order valence-electron chi connectivity index (χ2n) is 5.86. The molecular weight excluding hydrogens is 332 g/mol. The standard InChI is InChI=1S/C14H19BrN6/c1-14(8-16)5-3-7-21(9-14)13-18-12(19-20-13)11-10(15)4-2-6-17-11/h2,4,6H,3,5,7-9,16H2,1H3,(H,18,19,20). The molecule has 3 rings (SSSR count). The van der Waals surface area contributed by atoms with E-state index in [-0.39, 0.29) is 5.41 Å². The van der Waals surface area contributed by atoms with Crippen LogP contribution in [0.1, 0.15) is 19.8 Å². The highest BCUT2D eigenvalue weighted by atomic mass is 79.9. The number of rotatable bonds is 3. The summed E-state index contributed by atoms with van der Waals surface area (Å²) < 4.78 is 0.901. The number of halogens is 1. The van der Waals surface area contributed by atoms with Crippen LogP contribution in [-0.2, 0) is 0 Å². The fourth-order valence-corrected chi connectivity index (χ4v) is 3.16. The molecular formula is C14H19BrN6. The van der Waals surface area contributed by atoms with Gasteiger partial charge in [-0.1, -0.05) is 6.92 Å². The van der Waals surface area contributed by atoms with Crippen molar-refractivity contribution in [2.45, 2.75) is 19.8 Å². The molecule has 1 atom stereocenters. The average molecular weight is 351 g/mol. The van der Waals surface area contributed by atoms with E-state index in [1.807, 2.05) is 12.1 Å². The predicted molar refractivity (Wildman–Crippen MR) is 85.9 cm³/mol. The van der Waals surface area contributed by atoms with Crippen molar-refractivity contribution in [2.75, 3.05) is 24.5 Å². The van der Waals surface area contributed by atoms with Gasteiger partial charge in [0, 0.05) is 23.8 Å². The Morgan fingerprint density at radius 2 is 2.38 bits per heavy atom. The Labute approximate surface area is 132 Å². The second-order valence-corrected chi connectivity index (χ2v) is 6.71. The Hall–Kier alpha value is -1.47. The predicted octanol–water partition coefficient (Wildman–Crippen LogP) is 2.19. The lowest BCUT2D eigenvalue weighted by Gasteiger charge is -2.39. The smallest absolute Gasteiger partial charge is 0.245 e. The van der Waals surface area contributed by atoms with Crippen LogP contribution >= 0.6 is 15.9 Å². The first-order valence-corrected chi connectivity index (χ1v) is 7.89. The minimum Gasteiger partial charge on any atom is -0.339 e. The first kappa shape index (κ1) is 14.5. The third kappa shape index (κ3) is 2.94. The van der Waals surface area contributed by atoms with Gasteiger partial charge in [-0.05, 0) is 52.9 Å². The summed E-state index contributed by atoms with van der Waals surface area (Å²) in [4.78, 5) is 11.1. The van der Waals surface area contributed by atoms with Gasteiger partial charge >= 0.3 is 0 Å². The zero-order valence-electron chi connectivity index (χ0n) is 12.0. The SMILES string of the molecule is CC1(CN)CCCN(c2n[nH]c(-c3ncccc3Br)n2)C1. The molecule has 7 heteroatoms. The van der Waals surface area contributed by atoms with E-state index < -0.39 is 0 Å². The van der Waals surface area contributed by atoms with Crippen LogP contribution in [0, 0.1) is 5.41 Å². The van der Waals surface area contributed by atoms with Crippen molar-refractivity contribution < 1.29 is 0 Å². The Morgan fingerprint density at radius 1 is 1.52 bits per heavy atom. The van der Waals surface area contributed by atoms with Gasteiger partial charge in [-0.2, -0.15) is 4.98 Å². The molecule has 112 valence electrons. The average Bonchev–Trinajstić information content (AvgIpc) is 2.97. The maximum atomic E-state index is 5.90. The summed E-state index contributed by atoms with van der Waals surface area (Å²) in [6, 6.07) is 3.82. The summed E-state index contributed by atoms with van der Waals surface area (Å²) in [5.41, 5.74) is 6.82. The number of hydrogen-bond acceptors (Lipinski definition) is 5. The van der Waals surface area contributed by atoms with E-state index >= 15 is 0 Å². The molecule has 21 heavy (non-hydrogen) atoms. The lowest BCUT2D eigenvalue weighted by Crippen LogP contribution is -2.46. The van der Waals surface area contributed by atoms with Gasteiger partial charge in [-0.25, -0.2) is 0 Å². The van der Waals surface area contributed by atoms with Crippen LogP contribution in [0.25, 0.3) is 11.5 Å².